The van der Waals surface area contributed by atoms with Crippen molar-refractivity contribution in [2.45, 2.75) is 225 Å². The highest BCUT2D eigenvalue weighted by Gasteiger charge is 2.38. The first-order chi connectivity index (χ1) is 51.6. The maximum atomic E-state index is 14.8. The number of aliphatic hydroxyl groups is 1. The third kappa shape index (κ3) is 31.0. The minimum absolute atomic E-state index is 0.000226. The summed E-state index contributed by atoms with van der Waals surface area (Å²) in [4.78, 5) is 197. The molecule has 33 heteroatoms. The number of para-hydroxylation sites is 1. The molecule has 109 heavy (non-hydrogen) atoms. The quantitative estimate of drug-likeness (QED) is 0.0221. The van der Waals surface area contributed by atoms with Crippen LogP contribution in [0.4, 0.5) is 0 Å². The summed E-state index contributed by atoms with van der Waals surface area (Å²) in [6.45, 7) is 15.8. The van der Waals surface area contributed by atoms with Crippen molar-refractivity contribution in [1.29, 1.82) is 0 Å². The van der Waals surface area contributed by atoms with Crippen LogP contribution in [0.1, 0.15) is 144 Å². The molecule has 13 atom stereocenters. The number of amides is 14. The maximum absolute atomic E-state index is 14.8. The van der Waals surface area contributed by atoms with Gasteiger partial charge in [0.15, 0.2) is 0 Å². The van der Waals surface area contributed by atoms with E-state index in [9.17, 15) is 72.2 Å². The van der Waals surface area contributed by atoms with E-state index < -0.39 is 186 Å². The van der Waals surface area contributed by atoms with Crippen LogP contribution in [0.2, 0.25) is 0 Å². The third-order valence-corrected chi connectivity index (χ3v) is 18.0. The highest BCUT2D eigenvalue weighted by molar-refractivity contribution is 6.01. The zero-order valence-electron chi connectivity index (χ0n) is 64.1. The SMILES string of the molecule is CC(C)C[C@H](NC(=O)[C@H](C)NC(=O)[C@H](CCCCN)NC(=O)[C@H](CC(C)C)NC(=O)[C@@H](N)Cc1ccccc1)C(=O)N[C@@H](Cc1c[nH]c2ccccc12)C(=O)N[C@@H](CC(N)=O)C(=O)N[C@H](C(=O)N[C@@H](C)C(=O)N[C@@H](CCCCN)C(=O)N[C@@H](CO)C(=O)N[C@H](C(=O)N[C@@H](Cc1ccccc1)C(N)=O)C(C)C)C(C)C. The lowest BCUT2D eigenvalue weighted by molar-refractivity contribution is -0.137. The normalized spacial score (nSPS) is 15.0. The minimum Gasteiger partial charge on any atom is -0.394 e. The van der Waals surface area contributed by atoms with Crippen molar-refractivity contribution in [1.82, 2.24) is 68.8 Å². The predicted octanol–water partition coefficient (Wildman–Crippen LogP) is -1.60. The van der Waals surface area contributed by atoms with E-state index in [0.717, 1.165) is 5.56 Å². The zero-order chi connectivity index (χ0) is 81.2. The van der Waals surface area contributed by atoms with Crippen LogP contribution in [0.3, 0.4) is 0 Å². The number of aliphatic hydroxyl groups excluding tert-OH is 1. The number of hydrogen-bond donors (Lipinski definition) is 19. The average molecular weight is 1520 g/mol. The van der Waals surface area contributed by atoms with Gasteiger partial charge in [-0.3, -0.25) is 67.1 Å². The number of fused-ring (bicyclic) bond motifs is 1. The molecule has 33 nitrogen and oxygen atoms in total. The van der Waals surface area contributed by atoms with Gasteiger partial charge < -0.3 is 103 Å². The van der Waals surface area contributed by atoms with Crippen molar-refractivity contribution in [3.8, 4) is 0 Å². The lowest BCUT2D eigenvalue weighted by atomic mass is 9.99. The van der Waals surface area contributed by atoms with Crippen LogP contribution in [-0.2, 0) is 86.4 Å². The van der Waals surface area contributed by atoms with E-state index in [1.165, 1.54) is 13.8 Å². The Morgan fingerprint density at radius 3 is 1.24 bits per heavy atom. The molecule has 0 fully saturated rings. The molecular formula is C76H116N18O15. The van der Waals surface area contributed by atoms with Crippen LogP contribution in [-0.4, -0.2) is 191 Å². The first kappa shape index (κ1) is 91.0. The monoisotopic (exact) mass is 1520 g/mol. The summed E-state index contributed by atoms with van der Waals surface area (Å²) in [5, 5.41) is 42.3. The van der Waals surface area contributed by atoms with Gasteiger partial charge >= 0.3 is 0 Å². The minimum atomic E-state index is -1.80. The molecule has 0 aliphatic carbocycles. The Balaban J connectivity index is 1.52. The number of carbonyl (C=O) groups is 14. The number of carbonyl (C=O) groups excluding carboxylic acids is 14. The number of benzene rings is 3. The average Bonchev–Trinajstić information content (AvgIpc) is 1.73. The van der Waals surface area contributed by atoms with E-state index >= 15 is 0 Å². The van der Waals surface area contributed by atoms with Gasteiger partial charge in [0.2, 0.25) is 82.7 Å². The largest absolute Gasteiger partial charge is 0.394 e. The van der Waals surface area contributed by atoms with Gasteiger partial charge in [0, 0.05) is 29.9 Å². The fourth-order valence-electron chi connectivity index (χ4n) is 11.8. The van der Waals surface area contributed by atoms with Crippen LogP contribution < -0.4 is 92.5 Å². The summed E-state index contributed by atoms with van der Waals surface area (Å²) < 4.78 is 0. The van der Waals surface area contributed by atoms with Crippen molar-refractivity contribution in [3.05, 3.63) is 108 Å². The van der Waals surface area contributed by atoms with E-state index in [1.54, 1.807) is 102 Å². The Kier molecular flexibility index (Phi) is 38.5. The molecule has 0 radical (unpaired) electrons. The molecule has 0 aliphatic heterocycles. The van der Waals surface area contributed by atoms with Crippen LogP contribution >= 0.6 is 0 Å². The Morgan fingerprint density at radius 2 is 0.761 bits per heavy atom. The highest BCUT2D eigenvalue weighted by atomic mass is 16.3. The van der Waals surface area contributed by atoms with E-state index in [4.69, 9.17) is 28.7 Å². The van der Waals surface area contributed by atoms with Gasteiger partial charge in [-0.05, 0) is 131 Å². The number of aromatic nitrogens is 1. The van der Waals surface area contributed by atoms with E-state index in [-0.39, 0.29) is 76.3 Å². The smallest absolute Gasteiger partial charge is 0.245 e. The molecule has 4 rings (SSSR count). The maximum Gasteiger partial charge on any atom is 0.245 e. The summed E-state index contributed by atoms with van der Waals surface area (Å²) in [6.07, 6.45) is 2.64. The summed E-state index contributed by atoms with van der Waals surface area (Å²) in [7, 11) is 0. The number of hydrogen-bond acceptors (Lipinski definition) is 18. The molecule has 3 aromatic carbocycles. The molecule has 0 spiro atoms. The van der Waals surface area contributed by atoms with Crippen LogP contribution in [0.5, 0.6) is 0 Å². The van der Waals surface area contributed by atoms with Gasteiger partial charge in [0.05, 0.1) is 19.1 Å². The van der Waals surface area contributed by atoms with E-state index in [2.05, 4.69) is 68.8 Å². The van der Waals surface area contributed by atoms with Crippen molar-refractivity contribution in [3.63, 3.8) is 0 Å². The molecule has 0 bridgehead atoms. The predicted molar refractivity (Wildman–Crippen MR) is 409 cm³/mol. The van der Waals surface area contributed by atoms with E-state index in [1.807, 2.05) is 44.2 Å². The second-order valence-electron chi connectivity index (χ2n) is 29.0. The van der Waals surface area contributed by atoms with Gasteiger partial charge in [0.25, 0.3) is 0 Å². The van der Waals surface area contributed by atoms with Gasteiger partial charge in [-0.2, -0.15) is 0 Å². The van der Waals surface area contributed by atoms with Crippen molar-refractivity contribution < 1.29 is 72.2 Å². The number of nitrogens with two attached hydrogens (primary N) is 5. The Hall–Kier alpha value is -10.4. The third-order valence-electron chi connectivity index (χ3n) is 18.0. The molecule has 0 saturated heterocycles. The molecule has 600 valence electrons. The number of rotatable bonds is 48. The second kappa shape index (κ2) is 46.1. The summed E-state index contributed by atoms with van der Waals surface area (Å²) >= 11 is 0. The molecule has 1 heterocycles. The summed E-state index contributed by atoms with van der Waals surface area (Å²) in [6, 6.07) is 7.23. The molecule has 1 aromatic heterocycles. The lowest BCUT2D eigenvalue weighted by Crippen LogP contribution is -2.62. The zero-order valence-corrected chi connectivity index (χ0v) is 64.1. The molecule has 4 aromatic rings. The number of unbranched alkanes of at least 4 members (excludes halogenated alkanes) is 2. The van der Waals surface area contributed by atoms with Crippen LogP contribution in [0.15, 0.2) is 91.1 Å². The fraction of sp³-hybridized carbons (Fsp3) is 0.553. The second-order valence-corrected chi connectivity index (χ2v) is 29.0. The van der Waals surface area contributed by atoms with Crippen molar-refractivity contribution in [2.75, 3.05) is 19.7 Å². The molecular weight excluding hydrogens is 1400 g/mol. The molecule has 0 saturated carbocycles. The molecule has 14 amide bonds. The van der Waals surface area contributed by atoms with Crippen LogP contribution in [0, 0.1) is 23.7 Å². The molecule has 0 unspecified atom stereocenters. The van der Waals surface area contributed by atoms with Crippen molar-refractivity contribution in [2.24, 2.45) is 52.3 Å². The van der Waals surface area contributed by atoms with Gasteiger partial charge in [-0.1, -0.05) is 134 Å². The lowest BCUT2D eigenvalue weighted by Gasteiger charge is -2.29. The number of aromatic amines is 1. The van der Waals surface area contributed by atoms with Gasteiger partial charge in [-0.15, -0.1) is 0 Å². The fourth-order valence-corrected chi connectivity index (χ4v) is 11.8. The molecule has 24 N–H and O–H groups in total. The standard InChI is InChI=1S/C76H116N18O15/c1-41(2)33-56(88-66(99)45(9)83-68(101)53(29-19-21-31-77)86-70(103)57(34-42(3)4)89-67(100)51(79)35-47-23-13-11-14-24-47)71(104)90-58(37-49-39-82-52-28-18-17-27-50(49)52)72(105)91-59(38-61(80)96)73(106)93-62(43(5)6)75(108)84-46(10)65(98)85-54(30-20-22-32-78)69(102)92-60(40-95)74(107)94-63(44(7)8)76(109)87-55(64(81)97)36-48-25-15-12-16-26-48/h11-18,23-28,39,41-46,51,53-60,62-63,82,95H,19-22,29-38,40,77-79H2,1-10H3,(H2,80,96)(H2,81,97)(H,83,101)(H,84,108)(H,85,98)(H,86,103)(H,87,109)(H,88,99)(H,89,100)(H,90,104)(H,91,105)(H,92,102)(H,93,106)(H,94,107)/t45-,46-,51-,53-,54-,55-,56-,57-,58-,59-,60-,62-,63-/m0/s1. The number of nitrogens with one attached hydrogen (secondary N) is 13. The Labute approximate surface area is 636 Å². The first-order valence-electron chi connectivity index (χ1n) is 37.2. The number of primary amides is 2. The van der Waals surface area contributed by atoms with E-state index in [0.29, 0.717) is 41.3 Å². The summed E-state index contributed by atoms with van der Waals surface area (Å²) in [5.74, 6) is -13.8. The highest BCUT2D eigenvalue weighted by Crippen LogP contribution is 2.21. The van der Waals surface area contributed by atoms with Crippen molar-refractivity contribution >= 4 is 93.6 Å². The Bertz CT molecular complexity index is 3690. The van der Waals surface area contributed by atoms with Gasteiger partial charge in [0.1, 0.15) is 72.5 Å². The summed E-state index contributed by atoms with van der Waals surface area (Å²) in [5.41, 5.74) is 31.8. The topological polar surface area (TPSA) is 549 Å². The van der Waals surface area contributed by atoms with Gasteiger partial charge in [-0.25, -0.2) is 0 Å². The first-order valence-corrected chi connectivity index (χ1v) is 37.2. The number of H-pyrrole nitrogens is 1. The molecule has 0 aliphatic rings. The van der Waals surface area contributed by atoms with Crippen LogP contribution in [0.25, 0.3) is 10.9 Å². The Morgan fingerprint density at radius 1 is 0.385 bits per heavy atom.